The Morgan fingerprint density at radius 2 is 1.76 bits per heavy atom. The molecule has 4 rings (SSSR count). The molecule has 1 atom stereocenters. The van der Waals surface area contributed by atoms with Gasteiger partial charge < -0.3 is 10.6 Å². The Morgan fingerprint density at radius 1 is 1.00 bits per heavy atom. The average Bonchev–Trinajstić information content (AvgIpc) is 3.24. The lowest BCUT2D eigenvalue weighted by Gasteiger charge is -2.17. The first-order valence-corrected chi connectivity index (χ1v) is 10.5. The second-order valence-electron chi connectivity index (χ2n) is 7.90. The molecule has 1 aliphatic rings. The number of fused-ring (bicyclic) bond motifs is 1. The minimum atomic E-state index is 0.0705. The van der Waals surface area contributed by atoms with Crippen LogP contribution in [0.1, 0.15) is 36.9 Å². The van der Waals surface area contributed by atoms with Crippen molar-refractivity contribution in [2.45, 2.75) is 32.4 Å². The predicted octanol–water partition coefficient (Wildman–Crippen LogP) is 4.72. The summed E-state index contributed by atoms with van der Waals surface area (Å²) in [5.41, 5.74) is 3.33. The summed E-state index contributed by atoms with van der Waals surface area (Å²) in [6, 6.07) is 23.3. The molecule has 29 heavy (non-hydrogen) atoms. The van der Waals surface area contributed by atoms with E-state index in [0.29, 0.717) is 6.54 Å². The van der Waals surface area contributed by atoms with Crippen LogP contribution in [-0.2, 0) is 11.3 Å². The Balaban J connectivity index is 1.37. The van der Waals surface area contributed by atoms with E-state index < -0.39 is 0 Å². The number of anilines is 1. The highest BCUT2D eigenvalue weighted by molar-refractivity contribution is 5.92. The molecule has 0 unspecified atom stereocenters. The van der Waals surface area contributed by atoms with Crippen molar-refractivity contribution < 1.29 is 4.79 Å². The topological polar surface area (TPSA) is 44.4 Å². The molecule has 0 aliphatic carbocycles. The molecule has 0 saturated carbocycles. The third-order valence-electron chi connectivity index (χ3n) is 5.68. The molecule has 0 radical (unpaired) electrons. The van der Waals surface area contributed by atoms with E-state index in [1.165, 1.54) is 29.2 Å². The number of carbonyl (C=O) groups is 1. The van der Waals surface area contributed by atoms with Gasteiger partial charge in [-0.15, -0.1) is 0 Å². The van der Waals surface area contributed by atoms with Gasteiger partial charge in [0.15, 0.2) is 0 Å². The molecule has 4 heteroatoms. The van der Waals surface area contributed by atoms with Gasteiger partial charge in [-0.25, -0.2) is 0 Å². The summed E-state index contributed by atoms with van der Waals surface area (Å²) in [5.74, 6) is 0.0705. The largest absolute Gasteiger partial charge is 0.325 e. The Labute approximate surface area is 172 Å². The Kier molecular flexibility index (Phi) is 6.23. The molecule has 1 saturated heterocycles. The molecule has 150 valence electrons. The minimum Gasteiger partial charge on any atom is -0.325 e. The van der Waals surface area contributed by atoms with Crippen LogP contribution in [0.5, 0.6) is 0 Å². The fourth-order valence-electron chi connectivity index (χ4n) is 4.11. The van der Waals surface area contributed by atoms with Crippen molar-refractivity contribution in [1.82, 2.24) is 10.2 Å². The molecular weight excluding hydrogens is 358 g/mol. The van der Waals surface area contributed by atoms with Crippen LogP contribution in [0.15, 0.2) is 66.7 Å². The first kappa shape index (κ1) is 19.6. The van der Waals surface area contributed by atoms with Crippen LogP contribution >= 0.6 is 0 Å². The van der Waals surface area contributed by atoms with Gasteiger partial charge in [0.2, 0.25) is 5.91 Å². The van der Waals surface area contributed by atoms with Crippen LogP contribution in [0.2, 0.25) is 0 Å². The fraction of sp³-hybridized carbons (Fsp3) is 0.320. The van der Waals surface area contributed by atoms with Crippen LogP contribution in [0.3, 0.4) is 0 Å². The number of benzene rings is 3. The number of nitrogens with one attached hydrogen (secondary N) is 2. The van der Waals surface area contributed by atoms with Crippen LogP contribution in [-0.4, -0.2) is 30.4 Å². The van der Waals surface area contributed by atoms with Crippen molar-refractivity contribution in [2.24, 2.45) is 0 Å². The van der Waals surface area contributed by atoms with Crippen LogP contribution in [0.25, 0.3) is 10.8 Å². The number of rotatable bonds is 7. The maximum atomic E-state index is 12.3. The van der Waals surface area contributed by atoms with Gasteiger partial charge in [-0.2, -0.15) is 0 Å². The zero-order valence-electron chi connectivity index (χ0n) is 17.0. The maximum Gasteiger partial charge on any atom is 0.238 e. The molecule has 1 fully saturated rings. The number of nitrogens with zero attached hydrogens (tertiary/aromatic N) is 1. The predicted molar refractivity (Wildman–Crippen MR) is 120 cm³/mol. The number of amides is 1. The molecule has 3 aromatic carbocycles. The molecule has 0 spiro atoms. The SMILES string of the molecule is C[C@@H](NCc1cccc(NC(=O)CN2CCCC2)c1)c1cccc2ccccc12. The molecule has 0 bridgehead atoms. The summed E-state index contributed by atoms with van der Waals surface area (Å²) < 4.78 is 0. The second-order valence-corrected chi connectivity index (χ2v) is 7.90. The Morgan fingerprint density at radius 3 is 2.62 bits per heavy atom. The molecule has 3 aromatic rings. The zero-order valence-corrected chi connectivity index (χ0v) is 17.0. The van der Waals surface area contributed by atoms with E-state index in [2.05, 4.69) is 77.1 Å². The summed E-state index contributed by atoms with van der Waals surface area (Å²) in [7, 11) is 0. The van der Waals surface area contributed by atoms with Gasteiger partial charge in [0, 0.05) is 18.3 Å². The fourth-order valence-corrected chi connectivity index (χ4v) is 4.11. The van der Waals surface area contributed by atoms with Crippen molar-refractivity contribution in [3.63, 3.8) is 0 Å². The highest BCUT2D eigenvalue weighted by Crippen LogP contribution is 2.24. The van der Waals surface area contributed by atoms with Crippen LogP contribution in [0, 0.1) is 0 Å². The second kappa shape index (κ2) is 9.21. The molecule has 1 amide bonds. The molecule has 1 heterocycles. The number of hydrogen-bond acceptors (Lipinski definition) is 3. The molecule has 2 N–H and O–H groups in total. The summed E-state index contributed by atoms with van der Waals surface area (Å²) in [6.07, 6.45) is 2.40. The van der Waals surface area contributed by atoms with Crippen molar-refractivity contribution in [1.29, 1.82) is 0 Å². The number of likely N-dealkylation sites (tertiary alicyclic amines) is 1. The lowest BCUT2D eigenvalue weighted by molar-refractivity contribution is -0.117. The maximum absolute atomic E-state index is 12.3. The van der Waals surface area contributed by atoms with E-state index in [9.17, 15) is 4.79 Å². The quantitative estimate of drug-likeness (QED) is 0.616. The summed E-state index contributed by atoms with van der Waals surface area (Å²) in [4.78, 5) is 14.5. The van der Waals surface area contributed by atoms with Crippen molar-refractivity contribution >= 4 is 22.4 Å². The summed E-state index contributed by atoms with van der Waals surface area (Å²) in [6.45, 7) is 5.50. The number of carbonyl (C=O) groups excluding carboxylic acids is 1. The van der Waals surface area contributed by atoms with E-state index in [-0.39, 0.29) is 11.9 Å². The van der Waals surface area contributed by atoms with Gasteiger partial charge in [-0.05, 0) is 66.9 Å². The minimum absolute atomic E-state index is 0.0705. The van der Waals surface area contributed by atoms with Crippen molar-refractivity contribution in [2.75, 3.05) is 25.0 Å². The van der Waals surface area contributed by atoms with E-state index >= 15 is 0 Å². The normalized spacial score (nSPS) is 15.5. The Bertz CT molecular complexity index is 973. The first-order valence-electron chi connectivity index (χ1n) is 10.5. The highest BCUT2D eigenvalue weighted by Gasteiger charge is 2.15. The van der Waals surface area contributed by atoms with Crippen molar-refractivity contribution in [3.05, 3.63) is 77.9 Å². The van der Waals surface area contributed by atoms with E-state index in [1.807, 2.05) is 12.1 Å². The average molecular weight is 388 g/mol. The standard InChI is InChI=1S/C25H29N3O/c1-19(23-13-7-10-21-9-2-3-12-24(21)23)26-17-20-8-6-11-22(16-20)27-25(29)18-28-14-4-5-15-28/h2-3,6-13,16,19,26H,4-5,14-15,17-18H2,1H3,(H,27,29)/t19-/m1/s1. The molecule has 0 aromatic heterocycles. The molecular formula is C25H29N3O. The summed E-state index contributed by atoms with van der Waals surface area (Å²) in [5, 5.41) is 9.22. The van der Waals surface area contributed by atoms with Gasteiger partial charge in [0.05, 0.1) is 6.54 Å². The van der Waals surface area contributed by atoms with Crippen LogP contribution < -0.4 is 10.6 Å². The Hall–Kier alpha value is -2.69. The van der Waals surface area contributed by atoms with Gasteiger partial charge in [-0.1, -0.05) is 54.6 Å². The third kappa shape index (κ3) is 5.03. The van der Waals surface area contributed by atoms with Gasteiger partial charge in [-0.3, -0.25) is 9.69 Å². The van der Waals surface area contributed by atoms with E-state index in [0.717, 1.165) is 30.9 Å². The van der Waals surface area contributed by atoms with Crippen LogP contribution in [0.4, 0.5) is 5.69 Å². The lowest BCUT2D eigenvalue weighted by Crippen LogP contribution is -2.30. The molecule has 4 nitrogen and oxygen atoms in total. The third-order valence-corrected chi connectivity index (χ3v) is 5.68. The molecule has 1 aliphatic heterocycles. The van der Waals surface area contributed by atoms with Gasteiger partial charge >= 0.3 is 0 Å². The summed E-state index contributed by atoms with van der Waals surface area (Å²) >= 11 is 0. The van der Waals surface area contributed by atoms with E-state index in [4.69, 9.17) is 0 Å². The first-order chi connectivity index (χ1) is 14.2. The number of hydrogen-bond donors (Lipinski definition) is 2. The smallest absolute Gasteiger partial charge is 0.238 e. The van der Waals surface area contributed by atoms with Crippen molar-refractivity contribution in [3.8, 4) is 0 Å². The lowest BCUT2D eigenvalue weighted by atomic mass is 9.99. The monoisotopic (exact) mass is 387 g/mol. The zero-order chi connectivity index (χ0) is 20.1. The van der Waals surface area contributed by atoms with Gasteiger partial charge in [0.1, 0.15) is 0 Å². The highest BCUT2D eigenvalue weighted by atomic mass is 16.2. The van der Waals surface area contributed by atoms with E-state index in [1.54, 1.807) is 0 Å². The van der Waals surface area contributed by atoms with Gasteiger partial charge in [0.25, 0.3) is 0 Å².